The molecule has 112 valence electrons. The van der Waals surface area contributed by atoms with Crippen LogP contribution in [0.1, 0.15) is 32.3 Å². The van der Waals surface area contributed by atoms with Crippen molar-refractivity contribution in [3.63, 3.8) is 0 Å². The molecule has 1 aromatic heterocycles. The van der Waals surface area contributed by atoms with Crippen LogP contribution in [-0.4, -0.2) is 16.5 Å². The van der Waals surface area contributed by atoms with E-state index in [9.17, 15) is 0 Å². The third-order valence-corrected chi connectivity index (χ3v) is 3.26. The number of halogens is 2. The molecule has 4 nitrogen and oxygen atoms in total. The first kappa shape index (κ1) is 15.9. The van der Waals surface area contributed by atoms with Crippen LogP contribution in [0.5, 0.6) is 11.6 Å². The number of rotatable bonds is 5. The summed E-state index contributed by atoms with van der Waals surface area (Å²) in [5, 5.41) is 4.26. The van der Waals surface area contributed by atoms with Crippen LogP contribution in [0.25, 0.3) is 0 Å². The molecule has 1 N–H and O–H groups in total. The first-order valence-electron chi connectivity index (χ1n) is 6.74. The Morgan fingerprint density at radius 2 is 1.81 bits per heavy atom. The monoisotopic (exact) mass is 325 g/mol. The lowest BCUT2D eigenvalue weighted by molar-refractivity contribution is 0.452. The molecule has 0 aliphatic rings. The first-order valence-corrected chi connectivity index (χ1v) is 7.49. The molecular weight excluding hydrogens is 309 g/mol. The third-order valence-electron chi connectivity index (χ3n) is 2.82. The Bertz CT molecular complexity index is 612. The maximum Gasteiger partial charge on any atom is 0.227 e. The summed E-state index contributed by atoms with van der Waals surface area (Å²) < 4.78 is 5.86. The molecule has 0 aliphatic heterocycles. The molecule has 0 amide bonds. The molecule has 0 saturated carbocycles. The minimum atomic E-state index is 0.213. The molecule has 2 aromatic rings. The van der Waals surface area contributed by atoms with Crippen molar-refractivity contribution in [3.05, 3.63) is 40.1 Å². The minimum Gasteiger partial charge on any atom is -0.438 e. The average Bonchev–Trinajstić information content (AvgIpc) is 2.37. The van der Waals surface area contributed by atoms with Crippen LogP contribution >= 0.6 is 23.2 Å². The van der Waals surface area contributed by atoms with E-state index in [0.717, 1.165) is 17.9 Å². The number of ether oxygens (including phenoxy) is 1. The quantitative estimate of drug-likeness (QED) is 0.827. The van der Waals surface area contributed by atoms with Crippen molar-refractivity contribution in [2.24, 2.45) is 0 Å². The highest BCUT2D eigenvalue weighted by Crippen LogP contribution is 2.34. The van der Waals surface area contributed by atoms with Crippen molar-refractivity contribution >= 4 is 29.0 Å². The molecule has 1 aromatic carbocycles. The zero-order valence-electron chi connectivity index (χ0n) is 12.2. The molecule has 0 bridgehead atoms. The number of nitrogens with one attached hydrogen (secondary N) is 1. The largest absolute Gasteiger partial charge is 0.438 e. The molecular formula is C15H17Cl2N3O. The molecule has 0 saturated heterocycles. The highest BCUT2D eigenvalue weighted by atomic mass is 35.5. The van der Waals surface area contributed by atoms with Gasteiger partial charge in [-0.05, 0) is 31.0 Å². The summed E-state index contributed by atoms with van der Waals surface area (Å²) in [7, 11) is 0. The Kier molecular flexibility index (Phi) is 5.26. The second-order valence-corrected chi connectivity index (χ2v) is 5.71. The average molecular weight is 326 g/mol. The van der Waals surface area contributed by atoms with E-state index in [2.05, 4.69) is 29.1 Å². The summed E-state index contributed by atoms with van der Waals surface area (Å²) in [5.41, 5.74) is 0.926. The molecule has 1 heterocycles. The molecule has 0 unspecified atom stereocenters. The Morgan fingerprint density at radius 3 is 2.38 bits per heavy atom. The highest BCUT2D eigenvalue weighted by Gasteiger charge is 2.16. The Morgan fingerprint density at radius 1 is 1.14 bits per heavy atom. The van der Waals surface area contributed by atoms with Crippen molar-refractivity contribution in [3.8, 4) is 11.6 Å². The third kappa shape index (κ3) is 3.99. The van der Waals surface area contributed by atoms with E-state index in [0.29, 0.717) is 21.7 Å². The van der Waals surface area contributed by atoms with Crippen LogP contribution in [0.15, 0.2) is 24.5 Å². The predicted molar refractivity (Wildman–Crippen MR) is 86.8 cm³/mol. The molecule has 0 atom stereocenters. The van der Waals surface area contributed by atoms with Gasteiger partial charge in [-0.15, -0.1) is 0 Å². The lowest BCUT2D eigenvalue weighted by Gasteiger charge is -2.16. The van der Waals surface area contributed by atoms with Gasteiger partial charge in [-0.3, -0.25) is 0 Å². The summed E-state index contributed by atoms with van der Waals surface area (Å²) in [6, 6.07) is 5.06. The number of nitrogens with zero attached hydrogens (tertiary/aromatic N) is 2. The summed E-state index contributed by atoms with van der Waals surface area (Å²) in [5.74, 6) is 2.06. The van der Waals surface area contributed by atoms with Gasteiger partial charge in [0.1, 0.15) is 17.9 Å². The lowest BCUT2D eigenvalue weighted by Crippen LogP contribution is -2.07. The Labute approximate surface area is 134 Å². The fourth-order valence-electron chi connectivity index (χ4n) is 1.99. The van der Waals surface area contributed by atoms with Crippen molar-refractivity contribution in [1.82, 2.24) is 9.97 Å². The van der Waals surface area contributed by atoms with Crippen LogP contribution in [0.2, 0.25) is 10.0 Å². The minimum absolute atomic E-state index is 0.213. The fourth-order valence-corrected chi connectivity index (χ4v) is 2.49. The molecule has 6 heteroatoms. The second kappa shape index (κ2) is 6.96. The Hall–Kier alpha value is -1.52. The van der Waals surface area contributed by atoms with Gasteiger partial charge in [0, 0.05) is 16.6 Å². The summed E-state index contributed by atoms with van der Waals surface area (Å²) in [6.45, 7) is 6.93. The molecule has 0 aliphatic carbocycles. The summed E-state index contributed by atoms with van der Waals surface area (Å²) in [6.07, 6.45) is 1.48. The van der Waals surface area contributed by atoms with Crippen LogP contribution in [0.3, 0.4) is 0 Å². The van der Waals surface area contributed by atoms with E-state index >= 15 is 0 Å². The van der Waals surface area contributed by atoms with Crippen LogP contribution in [0, 0.1) is 0 Å². The fraction of sp³-hybridized carbons (Fsp3) is 0.333. The predicted octanol–water partition coefficient (Wildman–Crippen LogP) is 5.13. The van der Waals surface area contributed by atoms with Gasteiger partial charge in [0.25, 0.3) is 0 Å². The molecule has 0 radical (unpaired) electrons. The first-order chi connectivity index (χ1) is 10.0. The van der Waals surface area contributed by atoms with Crippen LogP contribution in [0.4, 0.5) is 5.82 Å². The van der Waals surface area contributed by atoms with E-state index in [1.807, 2.05) is 6.92 Å². The number of benzene rings is 1. The van der Waals surface area contributed by atoms with Gasteiger partial charge >= 0.3 is 0 Å². The standard InChI is InChI=1S/C15H17Cl2N3O/c1-4-18-14-13(9(2)3)15(20-8-19-14)21-12-6-10(16)5-11(17)7-12/h5-9H,4H2,1-3H3,(H,18,19,20). The molecule has 21 heavy (non-hydrogen) atoms. The van der Waals surface area contributed by atoms with Gasteiger partial charge in [-0.2, -0.15) is 0 Å². The van der Waals surface area contributed by atoms with E-state index in [1.165, 1.54) is 6.33 Å². The maximum absolute atomic E-state index is 5.99. The number of anilines is 1. The highest BCUT2D eigenvalue weighted by molar-refractivity contribution is 6.34. The second-order valence-electron chi connectivity index (χ2n) is 4.83. The van der Waals surface area contributed by atoms with Gasteiger partial charge in [0.05, 0.1) is 5.56 Å². The maximum atomic E-state index is 5.99. The number of hydrogen-bond donors (Lipinski definition) is 1. The normalized spacial score (nSPS) is 10.8. The SMILES string of the molecule is CCNc1ncnc(Oc2cc(Cl)cc(Cl)c2)c1C(C)C. The van der Waals surface area contributed by atoms with E-state index in [4.69, 9.17) is 27.9 Å². The van der Waals surface area contributed by atoms with Gasteiger partial charge in [-0.25, -0.2) is 9.97 Å². The topological polar surface area (TPSA) is 47.0 Å². The molecule has 0 spiro atoms. The van der Waals surface area contributed by atoms with Crippen LogP contribution in [-0.2, 0) is 0 Å². The molecule has 0 fully saturated rings. The zero-order valence-corrected chi connectivity index (χ0v) is 13.7. The zero-order chi connectivity index (χ0) is 15.4. The van der Waals surface area contributed by atoms with E-state index in [1.54, 1.807) is 18.2 Å². The van der Waals surface area contributed by atoms with Gasteiger partial charge in [0.15, 0.2) is 0 Å². The van der Waals surface area contributed by atoms with Crippen molar-refractivity contribution < 1.29 is 4.74 Å². The Balaban J connectivity index is 2.41. The van der Waals surface area contributed by atoms with Crippen molar-refractivity contribution in [2.45, 2.75) is 26.7 Å². The summed E-state index contributed by atoms with van der Waals surface area (Å²) >= 11 is 12.0. The number of aromatic nitrogens is 2. The number of hydrogen-bond acceptors (Lipinski definition) is 4. The smallest absolute Gasteiger partial charge is 0.227 e. The van der Waals surface area contributed by atoms with Gasteiger partial charge in [0.2, 0.25) is 5.88 Å². The van der Waals surface area contributed by atoms with Gasteiger partial charge in [-0.1, -0.05) is 37.0 Å². The summed E-state index contributed by atoms with van der Waals surface area (Å²) in [4.78, 5) is 8.51. The van der Waals surface area contributed by atoms with Crippen molar-refractivity contribution in [2.75, 3.05) is 11.9 Å². The van der Waals surface area contributed by atoms with Gasteiger partial charge < -0.3 is 10.1 Å². The van der Waals surface area contributed by atoms with Crippen molar-refractivity contribution in [1.29, 1.82) is 0 Å². The lowest BCUT2D eigenvalue weighted by atomic mass is 10.1. The molecule has 2 rings (SSSR count). The van der Waals surface area contributed by atoms with Crippen LogP contribution < -0.4 is 10.1 Å². The van der Waals surface area contributed by atoms with E-state index in [-0.39, 0.29) is 5.92 Å². The van der Waals surface area contributed by atoms with E-state index < -0.39 is 0 Å².